The average Bonchev–Trinajstić information content (AvgIpc) is 2.55. The molecule has 1 amide bonds. The number of rotatable bonds is 5. The third-order valence-corrected chi connectivity index (χ3v) is 5.37. The first-order valence-corrected chi connectivity index (χ1v) is 8.61. The number of carbonyl (C=O) groups excluding carboxylic acids is 1. The predicted octanol–water partition coefficient (Wildman–Crippen LogP) is 2.02. The van der Waals surface area contributed by atoms with Gasteiger partial charge in [0.1, 0.15) is 5.82 Å². The molecule has 1 saturated carbocycles. The number of likely N-dealkylation sites (tertiary alicyclic amines) is 1. The minimum Gasteiger partial charge on any atom is -0.392 e. The van der Waals surface area contributed by atoms with E-state index < -0.39 is 0 Å². The molecule has 0 radical (unpaired) electrons. The third-order valence-electron chi connectivity index (χ3n) is 5.37. The van der Waals surface area contributed by atoms with Crippen LogP contribution in [0.15, 0.2) is 24.3 Å². The SMILES string of the molecule is CCOC1CC(O)C12CCN(CC(=O)Nc1cccc(F)c1)CC2. The van der Waals surface area contributed by atoms with Crippen LogP contribution < -0.4 is 5.32 Å². The van der Waals surface area contributed by atoms with E-state index in [2.05, 4.69) is 10.2 Å². The second-order valence-corrected chi connectivity index (χ2v) is 6.76. The van der Waals surface area contributed by atoms with E-state index in [-0.39, 0.29) is 35.9 Å². The van der Waals surface area contributed by atoms with E-state index in [9.17, 15) is 14.3 Å². The lowest BCUT2D eigenvalue weighted by atomic mass is 9.58. The Labute approximate surface area is 141 Å². The number of piperidine rings is 1. The van der Waals surface area contributed by atoms with Crippen LogP contribution in [0.4, 0.5) is 10.1 Å². The van der Waals surface area contributed by atoms with Crippen molar-refractivity contribution in [3.8, 4) is 0 Å². The van der Waals surface area contributed by atoms with Crippen molar-refractivity contribution in [2.75, 3.05) is 31.6 Å². The predicted molar refractivity (Wildman–Crippen MR) is 89.2 cm³/mol. The molecule has 2 atom stereocenters. The molecule has 1 saturated heterocycles. The number of halogens is 1. The van der Waals surface area contributed by atoms with Gasteiger partial charge in [0, 0.05) is 24.1 Å². The Hall–Kier alpha value is -1.50. The molecule has 132 valence electrons. The summed E-state index contributed by atoms with van der Waals surface area (Å²) >= 11 is 0. The zero-order chi connectivity index (χ0) is 17.2. The van der Waals surface area contributed by atoms with E-state index in [4.69, 9.17) is 4.74 Å². The Morgan fingerprint density at radius 2 is 2.21 bits per heavy atom. The topological polar surface area (TPSA) is 61.8 Å². The number of aliphatic hydroxyl groups is 1. The van der Waals surface area contributed by atoms with Crippen molar-refractivity contribution >= 4 is 11.6 Å². The van der Waals surface area contributed by atoms with Gasteiger partial charge in [0.25, 0.3) is 0 Å². The number of hydrogen-bond acceptors (Lipinski definition) is 4. The van der Waals surface area contributed by atoms with Crippen molar-refractivity contribution in [2.45, 2.75) is 38.4 Å². The van der Waals surface area contributed by atoms with Crippen LogP contribution in [0.2, 0.25) is 0 Å². The standard InChI is InChI=1S/C18H25FN2O3/c1-2-24-16-11-15(22)18(16)6-8-21(9-7-18)12-17(23)20-14-5-3-4-13(19)10-14/h3-5,10,15-16,22H,2,6-9,11-12H2,1H3,(H,20,23). The van der Waals surface area contributed by atoms with Crippen molar-refractivity contribution in [3.05, 3.63) is 30.1 Å². The van der Waals surface area contributed by atoms with Gasteiger partial charge < -0.3 is 15.2 Å². The van der Waals surface area contributed by atoms with Gasteiger partial charge in [0.2, 0.25) is 5.91 Å². The quantitative estimate of drug-likeness (QED) is 0.864. The summed E-state index contributed by atoms with van der Waals surface area (Å²) in [5, 5.41) is 12.9. The Kier molecular flexibility index (Phi) is 5.18. The van der Waals surface area contributed by atoms with Gasteiger partial charge in [-0.2, -0.15) is 0 Å². The number of nitrogens with zero attached hydrogens (tertiary/aromatic N) is 1. The minimum absolute atomic E-state index is 0.133. The highest BCUT2D eigenvalue weighted by Crippen LogP contribution is 2.50. The largest absolute Gasteiger partial charge is 0.392 e. The molecule has 2 N–H and O–H groups in total. The maximum absolute atomic E-state index is 13.1. The maximum Gasteiger partial charge on any atom is 0.238 e. The zero-order valence-electron chi connectivity index (χ0n) is 14.0. The van der Waals surface area contributed by atoms with E-state index in [1.54, 1.807) is 12.1 Å². The molecule has 1 spiro atoms. The summed E-state index contributed by atoms with van der Waals surface area (Å²) in [6, 6.07) is 5.89. The summed E-state index contributed by atoms with van der Waals surface area (Å²) in [5.74, 6) is -0.513. The van der Waals surface area contributed by atoms with Gasteiger partial charge in [0.15, 0.2) is 0 Å². The highest BCUT2D eigenvalue weighted by atomic mass is 19.1. The fraction of sp³-hybridized carbons (Fsp3) is 0.611. The van der Waals surface area contributed by atoms with E-state index in [1.165, 1.54) is 12.1 Å². The minimum atomic E-state index is -0.367. The van der Waals surface area contributed by atoms with Crippen LogP contribution in [0, 0.1) is 11.2 Å². The Morgan fingerprint density at radius 3 is 2.83 bits per heavy atom. The van der Waals surface area contributed by atoms with Crippen LogP contribution in [0.1, 0.15) is 26.2 Å². The van der Waals surface area contributed by atoms with Crippen molar-refractivity contribution in [1.29, 1.82) is 0 Å². The van der Waals surface area contributed by atoms with Crippen LogP contribution in [-0.2, 0) is 9.53 Å². The molecule has 1 aromatic rings. The summed E-state index contributed by atoms with van der Waals surface area (Å²) < 4.78 is 18.9. The number of hydrogen-bond donors (Lipinski definition) is 2. The summed E-state index contributed by atoms with van der Waals surface area (Å²) in [6.45, 7) is 4.44. The third kappa shape index (κ3) is 3.45. The van der Waals surface area contributed by atoms with Gasteiger partial charge >= 0.3 is 0 Å². The maximum atomic E-state index is 13.1. The van der Waals surface area contributed by atoms with Crippen LogP contribution in [0.5, 0.6) is 0 Å². The Morgan fingerprint density at radius 1 is 1.46 bits per heavy atom. The molecule has 1 aromatic carbocycles. The molecule has 6 heteroatoms. The van der Waals surface area contributed by atoms with E-state index in [1.807, 2.05) is 6.92 Å². The molecule has 24 heavy (non-hydrogen) atoms. The molecule has 2 unspecified atom stereocenters. The first-order chi connectivity index (χ1) is 11.5. The number of benzene rings is 1. The summed E-state index contributed by atoms with van der Waals surface area (Å²) in [6.07, 6.45) is 2.24. The van der Waals surface area contributed by atoms with Gasteiger partial charge in [-0.15, -0.1) is 0 Å². The molecule has 0 aromatic heterocycles. The fourth-order valence-corrected chi connectivity index (χ4v) is 3.91. The smallest absolute Gasteiger partial charge is 0.238 e. The second-order valence-electron chi connectivity index (χ2n) is 6.76. The van der Waals surface area contributed by atoms with Crippen LogP contribution >= 0.6 is 0 Å². The normalized spacial score (nSPS) is 26.1. The van der Waals surface area contributed by atoms with Gasteiger partial charge in [-0.3, -0.25) is 9.69 Å². The van der Waals surface area contributed by atoms with E-state index >= 15 is 0 Å². The van der Waals surface area contributed by atoms with E-state index in [0.717, 1.165) is 25.9 Å². The number of ether oxygens (including phenoxy) is 1. The number of amides is 1. The molecule has 2 aliphatic rings. The summed E-state index contributed by atoms with van der Waals surface area (Å²) in [7, 11) is 0. The molecule has 1 aliphatic heterocycles. The van der Waals surface area contributed by atoms with Crippen LogP contribution in [0.25, 0.3) is 0 Å². The molecule has 5 nitrogen and oxygen atoms in total. The molecular weight excluding hydrogens is 311 g/mol. The first kappa shape index (κ1) is 17.3. The van der Waals surface area contributed by atoms with Gasteiger partial charge in [-0.1, -0.05) is 6.07 Å². The average molecular weight is 336 g/mol. The molecule has 2 fully saturated rings. The summed E-state index contributed by atoms with van der Waals surface area (Å²) in [4.78, 5) is 14.2. The fourth-order valence-electron chi connectivity index (χ4n) is 3.91. The van der Waals surface area contributed by atoms with Crippen LogP contribution in [-0.4, -0.2) is 54.4 Å². The van der Waals surface area contributed by atoms with Crippen molar-refractivity contribution in [1.82, 2.24) is 4.90 Å². The number of carbonyl (C=O) groups is 1. The Bertz CT molecular complexity index is 585. The van der Waals surface area contributed by atoms with Crippen molar-refractivity contribution in [2.24, 2.45) is 5.41 Å². The number of aliphatic hydroxyl groups excluding tert-OH is 1. The van der Waals surface area contributed by atoms with Gasteiger partial charge in [-0.25, -0.2) is 4.39 Å². The molecule has 1 heterocycles. The second kappa shape index (κ2) is 7.17. The van der Waals surface area contributed by atoms with Gasteiger partial charge in [0.05, 0.1) is 18.8 Å². The molecule has 1 aliphatic carbocycles. The highest BCUT2D eigenvalue weighted by molar-refractivity contribution is 5.92. The van der Waals surface area contributed by atoms with Crippen molar-refractivity contribution in [3.63, 3.8) is 0 Å². The highest BCUT2D eigenvalue weighted by Gasteiger charge is 2.55. The Balaban J connectivity index is 1.49. The van der Waals surface area contributed by atoms with Gasteiger partial charge in [-0.05, 0) is 51.1 Å². The number of nitrogens with one attached hydrogen (secondary N) is 1. The molecule has 3 rings (SSSR count). The monoisotopic (exact) mass is 336 g/mol. The lowest BCUT2D eigenvalue weighted by Crippen LogP contribution is -2.62. The summed E-state index contributed by atoms with van der Waals surface area (Å²) in [5.41, 5.74) is 0.338. The number of anilines is 1. The molecule has 0 bridgehead atoms. The van der Waals surface area contributed by atoms with Crippen LogP contribution in [0.3, 0.4) is 0 Å². The zero-order valence-corrected chi connectivity index (χ0v) is 14.0. The lowest BCUT2D eigenvalue weighted by Gasteiger charge is -2.56. The van der Waals surface area contributed by atoms with E-state index in [0.29, 0.717) is 18.7 Å². The lowest BCUT2D eigenvalue weighted by molar-refractivity contribution is -0.209. The first-order valence-electron chi connectivity index (χ1n) is 8.61. The van der Waals surface area contributed by atoms with Crippen molar-refractivity contribution < 1.29 is 19.0 Å². The molecular formula is C18H25FN2O3.